The van der Waals surface area contributed by atoms with E-state index in [0.29, 0.717) is 13.1 Å². The van der Waals surface area contributed by atoms with E-state index in [-0.39, 0.29) is 23.2 Å². The first-order valence-electron chi connectivity index (χ1n) is 7.57. The zero-order valence-corrected chi connectivity index (χ0v) is 14.5. The van der Waals surface area contributed by atoms with E-state index in [9.17, 15) is 9.59 Å². The Morgan fingerprint density at radius 2 is 2.17 bits per heavy atom. The molecule has 0 bridgehead atoms. The third kappa shape index (κ3) is 4.49. The zero-order chi connectivity index (χ0) is 16.8. The molecule has 2 rings (SSSR count). The van der Waals surface area contributed by atoms with Gasteiger partial charge in [0, 0.05) is 19.2 Å². The molecule has 0 unspecified atom stereocenters. The second-order valence-corrected chi connectivity index (χ2v) is 6.31. The Morgan fingerprint density at radius 1 is 1.39 bits per heavy atom. The van der Waals surface area contributed by atoms with Gasteiger partial charge in [0.15, 0.2) is 0 Å². The van der Waals surface area contributed by atoms with Crippen LogP contribution in [0.25, 0.3) is 0 Å². The first kappa shape index (κ1) is 17.4. The van der Waals surface area contributed by atoms with Crippen molar-refractivity contribution >= 4 is 17.2 Å². The monoisotopic (exact) mass is 334 g/mol. The maximum atomic E-state index is 12.3. The van der Waals surface area contributed by atoms with Crippen LogP contribution in [0.5, 0.6) is 0 Å². The van der Waals surface area contributed by atoms with Crippen molar-refractivity contribution in [1.29, 1.82) is 0 Å². The Labute approximate surface area is 139 Å². The van der Waals surface area contributed by atoms with Gasteiger partial charge in [-0.1, -0.05) is 6.92 Å². The van der Waals surface area contributed by atoms with Crippen LogP contribution in [0.4, 0.5) is 0 Å². The van der Waals surface area contributed by atoms with Crippen LogP contribution in [0.15, 0.2) is 33.8 Å². The second kappa shape index (κ2) is 8.03. The standard InChI is InChI=1S/C16H22N4O2S/c1-4-8-20-15(21)6-5-13(18-20)16(22)17-10-14(19(2)3)12-7-9-23-11-12/h5-7,9,11,14H,4,8,10H2,1-3H3,(H,17,22)/t14-/m0/s1. The van der Waals surface area contributed by atoms with Crippen molar-refractivity contribution in [2.45, 2.75) is 25.9 Å². The molecule has 0 spiro atoms. The Morgan fingerprint density at radius 3 is 2.78 bits per heavy atom. The van der Waals surface area contributed by atoms with E-state index in [1.165, 1.54) is 22.4 Å². The van der Waals surface area contributed by atoms with E-state index in [0.717, 1.165) is 6.42 Å². The van der Waals surface area contributed by atoms with Crippen LogP contribution < -0.4 is 10.9 Å². The smallest absolute Gasteiger partial charge is 0.271 e. The molecule has 0 aliphatic carbocycles. The molecule has 7 heteroatoms. The van der Waals surface area contributed by atoms with Gasteiger partial charge in [-0.2, -0.15) is 16.4 Å². The molecule has 6 nitrogen and oxygen atoms in total. The number of hydrogen-bond donors (Lipinski definition) is 1. The maximum Gasteiger partial charge on any atom is 0.271 e. The number of likely N-dealkylation sites (N-methyl/N-ethyl adjacent to an activating group) is 1. The minimum atomic E-state index is -0.267. The average molecular weight is 334 g/mol. The Balaban J connectivity index is 2.06. The Kier molecular flexibility index (Phi) is 6.06. The summed E-state index contributed by atoms with van der Waals surface area (Å²) in [7, 11) is 3.96. The largest absolute Gasteiger partial charge is 0.349 e. The topological polar surface area (TPSA) is 67.2 Å². The van der Waals surface area contributed by atoms with Crippen LogP contribution in [0.3, 0.4) is 0 Å². The summed E-state index contributed by atoms with van der Waals surface area (Å²) in [5.74, 6) is -0.267. The summed E-state index contributed by atoms with van der Waals surface area (Å²) in [5.41, 5.74) is 1.25. The number of amides is 1. The highest BCUT2D eigenvalue weighted by Crippen LogP contribution is 2.19. The van der Waals surface area contributed by atoms with E-state index in [1.807, 2.05) is 26.4 Å². The summed E-state index contributed by atoms with van der Waals surface area (Å²) in [6.45, 7) is 2.95. The molecular weight excluding hydrogens is 312 g/mol. The number of nitrogens with zero attached hydrogens (tertiary/aromatic N) is 3. The number of carbonyl (C=O) groups is 1. The molecule has 0 aliphatic heterocycles. The van der Waals surface area contributed by atoms with E-state index in [4.69, 9.17) is 0 Å². The highest BCUT2D eigenvalue weighted by molar-refractivity contribution is 7.07. The lowest BCUT2D eigenvalue weighted by molar-refractivity contribution is 0.0934. The molecule has 0 radical (unpaired) electrons. The maximum absolute atomic E-state index is 12.3. The van der Waals surface area contributed by atoms with Gasteiger partial charge < -0.3 is 10.2 Å². The molecule has 1 N–H and O–H groups in total. The highest BCUT2D eigenvalue weighted by atomic mass is 32.1. The number of nitrogens with one attached hydrogen (secondary N) is 1. The molecule has 0 saturated carbocycles. The van der Waals surface area contributed by atoms with Crippen molar-refractivity contribution < 1.29 is 4.79 Å². The molecule has 2 heterocycles. The number of carbonyl (C=O) groups excluding carboxylic acids is 1. The number of thiophene rings is 1. The van der Waals surface area contributed by atoms with Crippen molar-refractivity contribution in [3.05, 3.63) is 50.6 Å². The normalized spacial score (nSPS) is 12.3. The molecular formula is C16H22N4O2S. The first-order valence-corrected chi connectivity index (χ1v) is 8.52. The molecule has 0 saturated heterocycles. The Hall–Kier alpha value is -1.99. The highest BCUT2D eigenvalue weighted by Gasteiger charge is 2.17. The summed E-state index contributed by atoms with van der Waals surface area (Å²) >= 11 is 1.64. The van der Waals surface area contributed by atoms with Gasteiger partial charge in [-0.25, -0.2) is 4.68 Å². The van der Waals surface area contributed by atoms with Crippen molar-refractivity contribution in [3.63, 3.8) is 0 Å². The van der Waals surface area contributed by atoms with Crippen molar-refractivity contribution in [1.82, 2.24) is 20.0 Å². The summed E-state index contributed by atoms with van der Waals surface area (Å²) in [5, 5.41) is 11.1. The number of aryl methyl sites for hydroxylation is 1. The predicted molar refractivity (Wildman–Crippen MR) is 91.9 cm³/mol. The third-order valence-corrected chi connectivity index (χ3v) is 4.24. The predicted octanol–water partition coefficient (Wildman–Crippen LogP) is 1.75. The summed E-state index contributed by atoms with van der Waals surface area (Å²) in [4.78, 5) is 26.0. The minimum absolute atomic E-state index is 0.103. The lowest BCUT2D eigenvalue weighted by Crippen LogP contribution is -2.35. The number of hydrogen-bond acceptors (Lipinski definition) is 5. The zero-order valence-electron chi connectivity index (χ0n) is 13.7. The fourth-order valence-corrected chi connectivity index (χ4v) is 2.99. The van der Waals surface area contributed by atoms with Crippen LogP contribution in [-0.4, -0.2) is 41.2 Å². The second-order valence-electron chi connectivity index (χ2n) is 5.53. The molecule has 0 fully saturated rings. The van der Waals surface area contributed by atoms with Crippen molar-refractivity contribution in [3.8, 4) is 0 Å². The molecule has 124 valence electrons. The van der Waals surface area contributed by atoms with Gasteiger partial charge in [-0.3, -0.25) is 9.59 Å². The minimum Gasteiger partial charge on any atom is -0.349 e. The molecule has 2 aromatic rings. The molecule has 0 aromatic carbocycles. The van der Waals surface area contributed by atoms with E-state index in [2.05, 4.69) is 26.8 Å². The fraction of sp³-hybridized carbons (Fsp3) is 0.438. The SMILES string of the molecule is CCCn1nc(C(=O)NC[C@@H](c2ccsc2)N(C)C)ccc1=O. The van der Waals surface area contributed by atoms with Crippen LogP contribution >= 0.6 is 11.3 Å². The van der Waals surface area contributed by atoms with Gasteiger partial charge in [-0.05, 0) is 49.0 Å². The molecule has 1 atom stereocenters. The van der Waals surface area contributed by atoms with Gasteiger partial charge in [0.05, 0.1) is 6.04 Å². The first-order chi connectivity index (χ1) is 11.0. The van der Waals surface area contributed by atoms with Crippen LogP contribution in [-0.2, 0) is 6.54 Å². The van der Waals surface area contributed by atoms with Gasteiger partial charge in [0.25, 0.3) is 11.5 Å². The average Bonchev–Trinajstić information content (AvgIpc) is 3.03. The van der Waals surface area contributed by atoms with E-state index in [1.54, 1.807) is 11.3 Å². The van der Waals surface area contributed by atoms with Crippen LogP contribution in [0.2, 0.25) is 0 Å². The van der Waals surface area contributed by atoms with Gasteiger partial charge in [-0.15, -0.1) is 0 Å². The molecule has 2 aromatic heterocycles. The summed E-state index contributed by atoms with van der Waals surface area (Å²) < 4.78 is 1.33. The molecule has 23 heavy (non-hydrogen) atoms. The summed E-state index contributed by atoms with van der Waals surface area (Å²) in [6.07, 6.45) is 0.791. The molecule has 1 amide bonds. The van der Waals surface area contributed by atoms with E-state index >= 15 is 0 Å². The van der Waals surface area contributed by atoms with Gasteiger partial charge >= 0.3 is 0 Å². The van der Waals surface area contributed by atoms with E-state index < -0.39 is 0 Å². The summed E-state index contributed by atoms with van der Waals surface area (Å²) in [6, 6.07) is 5.02. The third-order valence-electron chi connectivity index (χ3n) is 3.54. The fourth-order valence-electron chi connectivity index (χ4n) is 2.29. The van der Waals surface area contributed by atoms with Crippen molar-refractivity contribution in [2.75, 3.05) is 20.6 Å². The van der Waals surface area contributed by atoms with Crippen molar-refractivity contribution in [2.24, 2.45) is 0 Å². The van der Waals surface area contributed by atoms with Crippen LogP contribution in [0.1, 0.15) is 35.4 Å². The number of rotatable bonds is 7. The number of aromatic nitrogens is 2. The quantitative estimate of drug-likeness (QED) is 0.838. The van der Waals surface area contributed by atoms with Gasteiger partial charge in [0.2, 0.25) is 0 Å². The Bertz CT molecular complexity index is 694. The molecule has 0 aliphatic rings. The van der Waals surface area contributed by atoms with Gasteiger partial charge in [0.1, 0.15) is 5.69 Å². The lowest BCUT2D eigenvalue weighted by Gasteiger charge is -2.23. The lowest BCUT2D eigenvalue weighted by atomic mass is 10.1. The van der Waals surface area contributed by atoms with Crippen LogP contribution in [0, 0.1) is 0 Å².